The van der Waals surface area contributed by atoms with Gasteiger partial charge in [0.15, 0.2) is 0 Å². The molecule has 0 radical (unpaired) electrons. The van der Waals surface area contributed by atoms with Gasteiger partial charge in [-0.25, -0.2) is 0 Å². The van der Waals surface area contributed by atoms with Crippen molar-refractivity contribution in [1.29, 1.82) is 0 Å². The van der Waals surface area contributed by atoms with Gasteiger partial charge in [0.25, 0.3) is 5.69 Å². The predicted octanol–water partition coefficient (Wildman–Crippen LogP) is 1.84. The van der Waals surface area contributed by atoms with Crippen LogP contribution in [-0.2, 0) is 4.79 Å². The van der Waals surface area contributed by atoms with E-state index in [1.165, 1.54) is 6.07 Å². The quantitative estimate of drug-likeness (QED) is 0.563. The van der Waals surface area contributed by atoms with E-state index in [4.69, 9.17) is 5.73 Å². The number of nitro groups is 1. The maximum Gasteiger partial charge on any atom is 0.292 e. The molecule has 1 aromatic carbocycles. The van der Waals surface area contributed by atoms with Crippen LogP contribution in [0.3, 0.4) is 0 Å². The van der Waals surface area contributed by atoms with Gasteiger partial charge in [-0.1, -0.05) is 26.0 Å². The molecule has 0 saturated carbocycles. The van der Waals surface area contributed by atoms with Gasteiger partial charge in [-0.15, -0.1) is 0 Å². The van der Waals surface area contributed by atoms with Gasteiger partial charge in [0.05, 0.1) is 4.92 Å². The minimum absolute atomic E-state index is 0.00701. The fourth-order valence-corrected chi connectivity index (χ4v) is 2.07. The third-order valence-corrected chi connectivity index (χ3v) is 3.40. The molecular formula is C15H24N4O3. The molecule has 0 aliphatic carbocycles. The van der Waals surface area contributed by atoms with Crippen LogP contribution in [-0.4, -0.2) is 42.4 Å². The first-order valence-corrected chi connectivity index (χ1v) is 7.18. The van der Waals surface area contributed by atoms with E-state index in [0.717, 1.165) is 0 Å². The smallest absolute Gasteiger partial charge is 0.292 e. The summed E-state index contributed by atoms with van der Waals surface area (Å²) in [6.45, 7) is 5.43. The summed E-state index contributed by atoms with van der Waals surface area (Å²) in [6.07, 6.45) is 0.267. The maximum atomic E-state index is 12.1. The lowest BCUT2D eigenvalue weighted by molar-refractivity contribution is -0.384. The minimum atomic E-state index is -0.444. The summed E-state index contributed by atoms with van der Waals surface area (Å²) in [7, 11) is 1.74. The van der Waals surface area contributed by atoms with E-state index in [1.54, 1.807) is 30.1 Å². The molecule has 1 amide bonds. The largest absolute Gasteiger partial charge is 0.379 e. The van der Waals surface area contributed by atoms with E-state index in [9.17, 15) is 14.9 Å². The van der Waals surface area contributed by atoms with E-state index in [-0.39, 0.29) is 23.4 Å². The summed E-state index contributed by atoms with van der Waals surface area (Å²) in [5, 5.41) is 13.8. The van der Waals surface area contributed by atoms with Crippen molar-refractivity contribution in [3.8, 4) is 0 Å². The zero-order valence-electron chi connectivity index (χ0n) is 13.3. The Morgan fingerprint density at radius 3 is 2.64 bits per heavy atom. The molecule has 7 heteroatoms. The summed E-state index contributed by atoms with van der Waals surface area (Å²) in [5.41, 5.74) is 5.96. The Kier molecular flexibility index (Phi) is 6.30. The average Bonchev–Trinajstić information content (AvgIpc) is 2.47. The number of carbonyl (C=O) groups is 1. The summed E-state index contributed by atoms with van der Waals surface area (Å²) in [6, 6.07) is 6.38. The van der Waals surface area contributed by atoms with Gasteiger partial charge < -0.3 is 16.0 Å². The number of hydrogen-bond acceptors (Lipinski definition) is 5. The molecule has 7 nitrogen and oxygen atoms in total. The Balaban J connectivity index is 2.51. The minimum Gasteiger partial charge on any atom is -0.379 e. The molecule has 0 aliphatic heterocycles. The van der Waals surface area contributed by atoms with Crippen LogP contribution in [0.5, 0.6) is 0 Å². The lowest BCUT2D eigenvalue weighted by Gasteiger charge is -2.29. The first-order chi connectivity index (χ1) is 10.3. The Morgan fingerprint density at radius 2 is 2.05 bits per heavy atom. The lowest BCUT2D eigenvalue weighted by Crippen LogP contribution is -2.40. The van der Waals surface area contributed by atoms with Gasteiger partial charge in [0, 0.05) is 32.6 Å². The number of nitrogens with one attached hydrogen (secondary N) is 1. The highest BCUT2D eigenvalue weighted by molar-refractivity contribution is 5.76. The fraction of sp³-hybridized carbons (Fsp3) is 0.533. The van der Waals surface area contributed by atoms with Gasteiger partial charge in [0.1, 0.15) is 5.69 Å². The van der Waals surface area contributed by atoms with Crippen molar-refractivity contribution in [2.24, 2.45) is 11.1 Å². The lowest BCUT2D eigenvalue weighted by atomic mass is 9.93. The number of benzene rings is 1. The van der Waals surface area contributed by atoms with Gasteiger partial charge in [-0.2, -0.15) is 0 Å². The Bertz CT molecular complexity index is 531. The molecule has 0 spiro atoms. The van der Waals surface area contributed by atoms with Gasteiger partial charge in [0.2, 0.25) is 5.91 Å². The summed E-state index contributed by atoms with van der Waals surface area (Å²) in [5.74, 6) is -0.0207. The van der Waals surface area contributed by atoms with E-state index < -0.39 is 4.92 Å². The van der Waals surface area contributed by atoms with Crippen molar-refractivity contribution in [3.05, 3.63) is 34.4 Å². The molecule has 0 bridgehead atoms. The molecule has 22 heavy (non-hydrogen) atoms. The van der Waals surface area contributed by atoms with Gasteiger partial charge in [-0.05, 0) is 18.0 Å². The fourth-order valence-electron chi connectivity index (χ4n) is 2.07. The van der Waals surface area contributed by atoms with Crippen LogP contribution in [0.25, 0.3) is 0 Å². The van der Waals surface area contributed by atoms with Crippen LogP contribution in [0.4, 0.5) is 11.4 Å². The second kappa shape index (κ2) is 7.74. The molecule has 1 aromatic rings. The monoisotopic (exact) mass is 308 g/mol. The van der Waals surface area contributed by atoms with Crippen LogP contribution >= 0.6 is 0 Å². The topological polar surface area (TPSA) is 102 Å². The first-order valence-electron chi connectivity index (χ1n) is 7.18. The Morgan fingerprint density at radius 1 is 1.41 bits per heavy atom. The highest BCUT2D eigenvalue weighted by Crippen LogP contribution is 2.23. The Labute approximate surface area is 130 Å². The third kappa shape index (κ3) is 5.33. The molecule has 1 rings (SSSR count). The van der Waals surface area contributed by atoms with Crippen molar-refractivity contribution in [2.45, 2.75) is 20.3 Å². The second-order valence-electron chi connectivity index (χ2n) is 6.07. The average molecular weight is 308 g/mol. The number of carbonyl (C=O) groups excluding carboxylic acids is 1. The number of anilines is 1. The second-order valence-corrected chi connectivity index (χ2v) is 6.07. The predicted molar refractivity (Wildman–Crippen MR) is 86.7 cm³/mol. The van der Waals surface area contributed by atoms with Gasteiger partial charge >= 0.3 is 0 Å². The first kappa shape index (κ1) is 17.9. The molecule has 0 atom stereocenters. The summed E-state index contributed by atoms with van der Waals surface area (Å²) < 4.78 is 0. The molecule has 0 fully saturated rings. The molecule has 0 aliphatic rings. The number of nitrogens with zero attached hydrogens (tertiary/aromatic N) is 2. The van der Waals surface area contributed by atoms with Crippen molar-refractivity contribution in [2.75, 3.05) is 32.0 Å². The van der Waals surface area contributed by atoms with E-state index in [2.05, 4.69) is 5.32 Å². The van der Waals surface area contributed by atoms with Crippen LogP contribution in [0.2, 0.25) is 0 Å². The highest BCUT2D eigenvalue weighted by Gasteiger charge is 2.21. The molecule has 122 valence electrons. The number of para-hydroxylation sites is 2. The molecule has 0 heterocycles. The standard InChI is InChI=1S/C15H24N4O3/c1-15(2,10-16)11-18(3)14(20)8-9-17-12-6-4-5-7-13(12)19(21)22/h4-7,17H,8-11,16H2,1-3H3. The van der Waals surface area contributed by atoms with Gasteiger partial charge in [-0.3, -0.25) is 14.9 Å². The van der Waals surface area contributed by atoms with Crippen molar-refractivity contribution >= 4 is 17.3 Å². The highest BCUT2D eigenvalue weighted by atomic mass is 16.6. The zero-order valence-corrected chi connectivity index (χ0v) is 13.3. The summed E-state index contributed by atoms with van der Waals surface area (Å²) in [4.78, 5) is 24.2. The molecule has 0 aromatic heterocycles. The number of hydrogen-bond donors (Lipinski definition) is 2. The molecule has 0 saturated heterocycles. The number of rotatable bonds is 8. The van der Waals surface area contributed by atoms with E-state index in [1.807, 2.05) is 13.8 Å². The Hall–Kier alpha value is -2.15. The van der Waals surface area contributed by atoms with E-state index in [0.29, 0.717) is 25.3 Å². The number of amides is 1. The number of nitro benzene ring substituents is 1. The molecule has 0 unspecified atom stereocenters. The maximum absolute atomic E-state index is 12.1. The van der Waals surface area contributed by atoms with Crippen LogP contribution < -0.4 is 11.1 Å². The molecular weight excluding hydrogens is 284 g/mol. The number of nitrogens with two attached hydrogens (primary N) is 1. The normalized spacial score (nSPS) is 11.1. The van der Waals surface area contributed by atoms with Crippen LogP contribution in [0, 0.1) is 15.5 Å². The zero-order chi connectivity index (χ0) is 16.8. The van der Waals surface area contributed by atoms with Crippen molar-refractivity contribution in [1.82, 2.24) is 4.90 Å². The van der Waals surface area contributed by atoms with Crippen molar-refractivity contribution in [3.63, 3.8) is 0 Å². The summed E-state index contributed by atoms with van der Waals surface area (Å²) >= 11 is 0. The molecule has 3 N–H and O–H groups in total. The van der Waals surface area contributed by atoms with Crippen LogP contribution in [0.15, 0.2) is 24.3 Å². The third-order valence-electron chi connectivity index (χ3n) is 3.40. The SMILES string of the molecule is CN(CC(C)(C)CN)C(=O)CCNc1ccccc1[N+](=O)[O-]. The van der Waals surface area contributed by atoms with Crippen molar-refractivity contribution < 1.29 is 9.72 Å². The van der Waals surface area contributed by atoms with E-state index >= 15 is 0 Å². The van der Waals surface area contributed by atoms with Crippen LogP contribution in [0.1, 0.15) is 20.3 Å².